The number of carbonyl (C=O) groups is 1. The minimum atomic E-state index is -0.0572. The molecule has 1 N–H and O–H groups in total. The Morgan fingerprint density at radius 2 is 2.14 bits per heavy atom. The topological polar surface area (TPSA) is 69.0 Å². The Morgan fingerprint density at radius 3 is 2.82 bits per heavy atom. The first-order valence-electron chi connectivity index (χ1n) is 7.72. The van der Waals surface area contributed by atoms with Gasteiger partial charge in [0.05, 0.1) is 6.54 Å². The summed E-state index contributed by atoms with van der Waals surface area (Å²) in [6, 6.07) is 5.91. The van der Waals surface area contributed by atoms with Crippen molar-refractivity contribution in [2.75, 3.05) is 0 Å². The van der Waals surface area contributed by atoms with E-state index in [4.69, 9.17) is 4.74 Å². The molecule has 0 bridgehead atoms. The molecule has 2 aromatic heterocycles. The molecule has 2 aromatic rings. The maximum Gasteiger partial charge on any atom is 0.272 e. The number of hydrogen-bond acceptors (Lipinski definition) is 4. The monoisotopic (exact) mass is 298 g/mol. The number of pyridine rings is 1. The van der Waals surface area contributed by atoms with Crippen molar-refractivity contribution in [3.63, 3.8) is 0 Å². The van der Waals surface area contributed by atoms with E-state index in [2.05, 4.69) is 15.4 Å². The summed E-state index contributed by atoms with van der Waals surface area (Å²) < 4.78 is 7.78. The highest BCUT2D eigenvalue weighted by atomic mass is 16.5. The lowest BCUT2D eigenvalue weighted by Crippen LogP contribution is -2.39. The van der Waals surface area contributed by atoms with Gasteiger partial charge in [-0.15, -0.1) is 0 Å². The van der Waals surface area contributed by atoms with Gasteiger partial charge in [-0.25, -0.2) is 0 Å². The first-order chi connectivity index (χ1) is 10.8. The molecule has 22 heavy (non-hydrogen) atoms. The highest BCUT2D eigenvalue weighted by Gasteiger charge is 2.28. The average molecular weight is 298 g/mol. The van der Waals surface area contributed by atoms with E-state index < -0.39 is 0 Å². The summed E-state index contributed by atoms with van der Waals surface area (Å²) in [6.45, 7) is 0.675. The Morgan fingerprint density at radius 1 is 1.32 bits per heavy atom. The maximum absolute atomic E-state index is 12.1. The summed E-state index contributed by atoms with van der Waals surface area (Å²) in [7, 11) is 0. The normalized spacial score (nSPS) is 20.3. The standard InChI is InChI=1S/C16H18N4O2/c21-16(18-11-2-1-3-11)15-9-12-8-14(10-20(12)19-15)22-13-4-6-17-7-5-13/h4-7,9,11,14H,1-3,8,10H2,(H,18,21)/t14-/m0/s1. The Bertz CT molecular complexity index is 655. The summed E-state index contributed by atoms with van der Waals surface area (Å²) in [6.07, 6.45) is 7.64. The van der Waals surface area contributed by atoms with E-state index in [1.165, 1.54) is 6.42 Å². The van der Waals surface area contributed by atoms with Crippen molar-refractivity contribution in [1.82, 2.24) is 20.1 Å². The van der Waals surface area contributed by atoms with Crippen LogP contribution in [0.5, 0.6) is 5.75 Å². The van der Waals surface area contributed by atoms with Gasteiger partial charge >= 0.3 is 0 Å². The first-order valence-corrected chi connectivity index (χ1v) is 7.72. The van der Waals surface area contributed by atoms with Crippen molar-refractivity contribution in [3.8, 4) is 5.75 Å². The second kappa shape index (κ2) is 5.44. The molecule has 0 spiro atoms. The van der Waals surface area contributed by atoms with E-state index in [1.807, 2.05) is 22.9 Å². The third kappa shape index (κ3) is 2.56. The van der Waals surface area contributed by atoms with Gasteiger partial charge in [0.1, 0.15) is 17.5 Å². The molecule has 1 amide bonds. The van der Waals surface area contributed by atoms with E-state index in [-0.39, 0.29) is 12.0 Å². The number of aromatic nitrogens is 3. The van der Waals surface area contributed by atoms with E-state index in [9.17, 15) is 4.79 Å². The molecule has 0 saturated heterocycles. The van der Waals surface area contributed by atoms with Gasteiger partial charge in [0.15, 0.2) is 0 Å². The lowest BCUT2D eigenvalue weighted by Gasteiger charge is -2.25. The molecule has 0 unspecified atom stereocenters. The summed E-state index contributed by atoms with van der Waals surface area (Å²) in [5.41, 5.74) is 1.57. The molecule has 1 aliphatic heterocycles. The molecule has 4 rings (SSSR count). The molecular formula is C16H18N4O2. The molecule has 1 fully saturated rings. The van der Waals surface area contributed by atoms with E-state index >= 15 is 0 Å². The SMILES string of the molecule is O=C(NC1CCC1)c1cc2n(n1)C[C@@H](Oc1ccncc1)C2. The molecule has 0 aromatic carbocycles. The highest BCUT2D eigenvalue weighted by molar-refractivity contribution is 5.92. The van der Waals surface area contributed by atoms with Crippen LogP contribution in [0.1, 0.15) is 35.4 Å². The predicted molar refractivity (Wildman–Crippen MR) is 79.7 cm³/mol. The number of ether oxygens (including phenoxy) is 1. The zero-order valence-corrected chi connectivity index (χ0v) is 12.2. The fourth-order valence-corrected chi connectivity index (χ4v) is 2.88. The molecule has 114 valence electrons. The van der Waals surface area contributed by atoms with Crippen molar-refractivity contribution >= 4 is 5.91 Å². The summed E-state index contributed by atoms with van der Waals surface area (Å²) in [4.78, 5) is 16.1. The van der Waals surface area contributed by atoms with Crippen molar-refractivity contribution in [1.29, 1.82) is 0 Å². The summed E-state index contributed by atoms with van der Waals surface area (Å²) in [5, 5.41) is 7.43. The largest absolute Gasteiger partial charge is 0.488 e. The van der Waals surface area contributed by atoms with Gasteiger partial charge in [0.2, 0.25) is 0 Å². The van der Waals surface area contributed by atoms with Crippen LogP contribution in [0.2, 0.25) is 0 Å². The second-order valence-corrected chi connectivity index (χ2v) is 5.93. The smallest absolute Gasteiger partial charge is 0.272 e. The lowest BCUT2D eigenvalue weighted by molar-refractivity contribution is 0.0910. The van der Waals surface area contributed by atoms with Gasteiger partial charge in [-0.2, -0.15) is 5.10 Å². The van der Waals surface area contributed by atoms with Gasteiger partial charge in [-0.3, -0.25) is 14.5 Å². The van der Waals surface area contributed by atoms with Crippen LogP contribution in [-0.4, -0.2) is 32.8 Å². The van der Waals surface area contributed by atoms with Crippen LogP contribution in [0.3, 0.4) is 0 Å². The number of nitrogens with one attached hydrogen (secondary N) is 1. The van der Waals surface area contributed by atoms with Crippen LogP contribution >= 0.6 is 0 Å². The third-order valence-electron chi connectivity index (χ3n) is 4.30. The Balaban J connectivity index is 1.38. The Hall–Kier alpha value is -2.37. The van der Waals surface area contributed by atoms with Crippen LogP contribution in [-0.2, 0) is 13.0 Å². The highest BCUT2D eigenvalue weighted by Crippen LogP contribution is 2.22. The van der Waals surface area contributed by atoms with Crippen molar-refractivity contribution < 1.29 is 9.53 Å². The van der Waals surface area contributed by atoms with E-state index in [0.717, 1.165) is 30.7 Å². The van der Waals surface area contributed by atoms with Crippen LogP contribution in [0.4, 0.5) is 0 Å². The predicted octanol–water partition coefficient (Wildman–Crippen LogP) is 1.56. The number of amides is 1. The molecule has 0 radical (unpaired) electrons. The molecule has 1 atom stereocenters. The van der Waals surface area contributed by atoms with Gasteiger partial charge < -0.3 is 10.1 Å². The molecule has 2 aliphatic rings. The second-order valence-electron chi connectivity index (χ2n) is 5.93. The molecular weight excluding hydrogens is 280 g/mol. The van der Waals surface area contributed by atoms with Crippen molar-refractivity contribution in [3.05, 3.63) is 42.0 Å². The fraction of sp³-hybridized carbons (Fsp3) is 0.438. The van der Waals surface area contributed by atoms with Gasteiger partial charge in [0, 0.05) is 30.6 Å². The maximum atomic E-state index is 12.1. The quantitative estimate of drug-likeness (QED) is 0.930. The summed E-state index contributed by atoms with van der Waals surface area (Å²) >= 11 is 0. The van der Waals surface area contributed by atoms with Gasteiger partial charge in [-0.1, -0.05) is 0 Å². The van der Waals surface area contributed by atoms with Crippen molar-refractivity contribution in [2.24, 2.45) is 0 Å². The van der Waals surface area contributed by atoms with Crippen LogP contribution in [0, 0.1) is 0 Å². The number of carbonyl (C=O) groups excluding carboxylic acids is 1. The number of rotatable bonds is 4. The molecule has 1 saturated carbocycles. The number of nitrogens with zero attached hydrogens (tertiary/aromatic N) is 3. The van der Waals surface area contributed by atoms with Gasteiger partial charge in [0.25, 0.3) is 5.91 Å². The number of hydrogen-bond donors (Lipinski definition) is 1. The number of fused-ring (bicyclic) bond motifs is 1. The first kappa shape index (κ1) is 13.3. The van der Waals surface area contributed by atoms with Gasteiger partial charge in [-0.05, 0) is 37.5 Å². The van der Waals surface area contributed by atoms with E-state index in [1.54, 1.807) is 12.4 Å². The fourth-order valence-electron chi connectivity index (χ4n) is 2.88. The molecule has 6 heteroatoms. The lowest BCUT2D eigenvalue weighted by atomic mass is 9.93. The summed E-state index contributed by atoms with van der Waals surface area (Å²) in [5.74, 6) is 0.756. The minimum absolute atomic E-state index is 0.0572. The van der Waals surface area contributed by atoms with Crippen LogP contribution < -0.4 is 10.1 Å². The van der Waals surface area contributed by atoms with Crippen molar-refractivity contribution in [2.45, 2.75) is 44.4 Å². The third-order valence-corrected chi connectivity index (χ3v) is 4.30. The van der Waals surface area contributed by atoms with Crippen LogP contribution in [0.25, 0.3) is 0 Å². The average Bonchev–Trinajstić information content (AvgIpc) is 3.02. The molecule has 3 heterocycles. The van der Waals surface area contributed by atoms with E-state index in [0.29, 0.717) is 18.3 Å². The molecule has 1 aliphatic carbocycles. The zero-order chi connectivity index (χ0) is 14.9. The zero-order valence-electron chi connectivity index (χ0n) is 12.2. The Kier molecular flexibility index (Phi) is 3.29. The minimum Gasteiger partial charge on any atom is -0.488 e. The van der Waals surface area contributed by atoms with Crippen LogP contribution in [0.15, 0.2) is 30.6 Å². The Labute approximate surface area is 128 Å². The molecule has 6 nitrogen and oxygen atoms in total.